The number of halogens is 3. The molecule has 21 heavy (non-hydrogen) atoms. The number of benzene rings is 1. The van der Waals surface area contributed by atoms with Crippen LogP contribution in [0.25, 0.3) is 16.6 Å². The quantitative estimate of drug-likeness (QED) is 0.749. The summed E-state index contributed by atoms with van der Waals surface area (Å²) in [6, 6.07) is 6.49. The summed E-state index contributed by atoms with van der Waals surface area (Å²) < 4.78 is 39.6. The topological polar surface area (TPSA) is 50.7 Å². The van der Waals surface area contributed by atoms with E-state index in [2.05, 4.69) is 10.1 Å². The van der Waals surface area contributed by atoms with Crippen molar-refractivity contribution >= 4 is 10.9 Å². The molecular weight excluding hydrogens is 283 g/mol. The Morgan fingerprint density at radius 3 is 2.71 bits per heavy atom. The molecule has 3 rings (SSSR count). The van der Waals surface area contributed by atoms with E-state index in [-0.39, 0.29) is 11.2 Å². The van der Waals surface area contributed by atoms with Gasteiger partial charge in [-0.15, -0.1) is 0 Å². The predicted octanol–water partition coefficient (Wildman–Crippen LogP) is 3.04. The highest BCUT2D eigenvalue weighted by atomic mass is 19.4. The van der Waals surface area contributed by atoms with Crippen LogP contribution in [0, 0.1) is 6.92 Å². The molecule has 0 aliphatic heterocycles. The summed E-state index contributed by atoms with van der Waals surface area (Å²) in [5.74, 6) is 0. The molecule has 2 heterocycles. The summed E-state index contributed by atoms with van der Waals surface area (Å²) in [7, 11) is 0. The van der Waals surface area contributed by atoms with Gasteiger partial charge in [0.1, 0.15) is 0 Å². The standard InChI is InChI=1S/C14H10F3N3O/c1-8-5-12-11(13(21)19-8)7-18-20(12)10-4-2-3-9(6-10)14(15,16)17/h2-7H,1H3,(H,19,21). The van der Waals surface area contributed by atoms with Crippen LogP contribution in [0.3, 0.4) is 0 Å². The van der Waals surface area contributed by atoms with Gasteiger partial charge in [0, 0.05) is 5.69 Å². The van der Waals surface area contributed by atoms with E-state index in [1.165, 1.54) is 23.0 Å². The zero-order valence-corrected chi connectivity index (χ0v) is 10.9. The molecule has 3 aromatic rings. The fourth-order valence-corrected chi connectivity index (χ4v) is 2.18. The van der Waals surface area contributed by atoms with Crippen LogP contribution >= 0.6 is 0 Å². The maximum Gasteiger partial charge on any atom is 0.416 e. The second-order valence-corrected chi connectivity index (χ2v) is 4.68. The molecule has 2 aromatic heterocycles. The molecule has 7 heteroatoms. The lowest BCUT2D eigenvalue weighted by Crippen LogP contribution is -2.08. The fourth-order valence-electron chi connectivity index (χ4n) is 2.18. The van der Waals surface area contributed by atoms with Crippen LogP contribution in [0.4, 0.5) is 13.2 Å². The SMILES string of the molecule is Cc1cc2c(cnn2-c2cccc(C(F)(F)F)c2)c(=O)[nH]1. The number of alkyl halides is 3. The number of aromatic nitrogens is 3. The zero-order valence-electron chi connectivity index (χ0n) is 10.9. The second-order valence-electron chi connectivity index (χ2n) is 4.68. The van der Waals surface area contributed by atoms with Crippen molar-refractivity contribution in [3.05, 3.63) is 58.1 Å². The van der Waals surface area contributed by atoms with Gasteiger partial charge >= 0.3 is 6.18 Å². The minimum absolute atomic E-state index is 0.254. The average molecular weight is 293 g/mol. The van der Waals surface area contributed by atoms with E-state index in [9.17, 15) is 18.0 Å². The molecule has 0 saturated carbocycles. The Morgan fingerprint density at radius 1 is 1.24 bits per heavy atom. The van der Waals surface area contributed by atoms with Gasteiger partial charge < -0.3 is 4.98 Å². The molecule has 0 amide bonds. The largest absolute Gasteiger partial charge is 0.416 e. The van der Waals surface area contributed by atoms with Crippen molar-refractivity contribution in [3.8, 4) is 5.69 Å². The maximum atomic E-state index is 12.8. The Labute approximate surface area is 116 Å². The van der Waals surface area contributed by atoms with Crippen molar-refractivity contribution in [1.29, 1.82) is 0 Å². The number of hydrogen-bond donors (Lipinski definition) is 1. The molecule has 0 fully saturated rings. The van der Waals surface area contributed by atoms with Gasteiger partial charge in [-0.25, -0.2) is 4.68 Å². The Hall–Kier alpha value is -2.57. The highest BCUT2D eigenvalue weighted by Crippen LogP contribution is 2.30. The number of nitrogens with zero attached hydrogens (tertiary/aromatic N) is 2. The lowest BCUT2D eigenvalue weighted by molar-refractivity contribution is -0.137. The fraction of sp³-hybridized carbons (Fsp3) is 0.143. The van der Waals surface area contributed by atoms with Crippen LogP contribution in [0.15, 0.2) is 41.3 Å². The average Bonchev–Trinajstić information content (AvgIpc) is 2.82. The summed E-state index contributed by atoms with van der Waals surface area (Å²) in [6.45, 7) is 1.70. The summed E-state index contributed by atoms with van der Waals surface area (Å²) >= 11 is 0. The van der Waals surface area contributed by atoms with E-state index < -0.39 is 11.7 Å². The van der Waals surface area contributed by atoms with E-state index in [1.54, 1.807) is 13.0 Å². The first-order valence-electron chi connectivity index (χ1n) is 6.11. The summed E-state index contributed by atoms with van der Waals surface area (Å²) in [5.41, 5.74) is 0.259. The summed E-state index contributed by atoms with van der Waals surface area (Å²) in [5, 5.41) is 4.35. The third-order valence-corrected chi connectivity index (χ3v) is 3.13. The van der Waals surface area contributed by atoms with E-state index in [0.717, 1.165) is 12.1 Å². The first kappa shape index (κ1) is 13.4. The predicted molar refractivity (Wildman–Crippen MR) is 71.4 cm³/mol. The number of nitrogens with one attached hydrogen (secondary N) is 1. The molecule has 1 aromatic carbocycles. The summed E-state index contributed by atoms with van der Waals surface area (Å²) in [6.07, 6.45) is -3.08. The first-order chi connectivity index (χ1) is 9.86. The van der Waals surface area contributed by atoms with Crippen molar-refractivity contribution in [2.75, 3.05) is 0 Å². The highest BCUT2D eigenvalue weighted by Gasteiger charge is 2.30. The van der Waals surface area contributed by atoms with Gasteiger partial charge in [-0.05, 0) is 31.2 Å². The summed E-state index contributed by atoms with van der Waals surface area (Å²) in [4.78, 5) is 14.4. The number of hydrogen-bond acceptors (Lipinski definition) is 2. The van der Waals surface area contributed by atoms with Crippen molar-refractivity contribution in [2.45, 2.75) is 13.1 Å². The van der Waals surface area contributed by atoms with E-state index >= 15 is 0 Å². The number of pyridine rings is 1. The molecule has 0 unspecified atom stereocenters. The normalized spacial score (nSPS) is 12.0. The van der Waals surface area contributed by atoms with Crippen LogP contribution in [-0.4, -0.2) is 14.8 Å². The number of aryl methyl sites for hydroxylation is 1. The molecule has 0 aliphatic carbocycles. The minimum atomic E-state index is -4.42. The van der Waals surface area contributed by atoms with Crippen LogP contribution in [0.2, 0.25) is 0 Å². The highest BCUT2D eigenvalue weighted by molar-refractivity contribution is 5.79. The van der Waals surface area contributed by atoms with Crippen molar-refractivity contribution < 1.29 is 13.2 Å². The number of fused-ring (bicyclic) bond motifs is 1. The second kappa shape index (κ2) is 4.47. The monoisotopic (exact) mass is 293 g/mol. The molecule has 1 N–H and O–H groups in total. The Morgan fingerprint density at radius 2 is 2.00 bits per heavy atom. The van der Waals surface area contributed by atoms with E-state index in [1.807, 2.05) is 0 Å². The molecule has 4 nitrogen and oxygen atoms in total. The number of H-pyrrole nitrogens is 1. The van der Waals surface area contributed by atoms with Crippen molar-refractivity contribution in [2.24, 2.45) is 0 Å². The van der Waals surface area contributed by atoms with Gasteiger partial charge in [0.2, 0.25) is 0 Å². The third kappa shape index (κ3) is 2.31. The molecule has 0 bridgehead atoms. The molecular formula is C14H10F3N3O. The zero-order chi connectivity index (χ0) is 15.2. The Balaban J connectivity index is 2.24. The smallest absolute Gasteiger partial charge is 0.326 e. The van der Waals surface area contributed by atoms with Gasteiger partial charge in [0.15, 0.2) is 0 Å². The van der Waals surface area contributed by atoms with Gasteiger partial charge in [-0.3, -0.25) is 4.79 Å². The van der Waals surface area contributed by atoms with Crippen molar-refractivity contribution in [3.63, 3.8) is 0 Å². The number of rotatable bonds is 1. The van der Waals surface area contributed by atoms with Gasteiger partial charge in [0.25, 0.3) is 5.56 Å². The van der Waals surface area contributed by atoms with Crippen LogP contribution in [0.1, 0.15) is 11.3 Å². The third-order valence-electron chi connectivity index (χ3n) is 3.13. The van der Waals surface area contributed by atoms with Gasteiger partial charge in [-0.2, -0.15) is 18.3 Å². The molecule has 0 saturated heterocycles. The van der Waals surface area contributed by atoms with Gasteiger partial charge in [0.05, 0.1) is 28.4 Å². The maximum absolute atomic E-state index is 12.8. The van der Waals surface area contributed by atoms with Crippen LogP contribution in [0.5, 0.6) is 0 Å². The lowest BCUT2D eigenvalue weighted by atomic mass is 10.2. The van der Waals surface area contributed by atoms with E-state index in [0.29, 0.717) is 16.6 Å². The van der Waals surface area contributed by atoms with Crippen molar-refractivity contribution in [1.82, 2.24) is 14.8 Å². The minimum Gasteiger partial charge on any atom is -0.326 e. The molecule has 0 spiro atoms. The van der Waals surface area contributed by atoms with Crippen LogP contribution in [-0.2, 0) is 6.18 Å². The number of aromatic amines is 1. The first-order valence-corrected chi connectivity index (χ1v) is 6.11. The molecule has 0 atom stereocenters. The van der Waals surface area contributed by atoms with Gasteiger partial charge in [-0.1, -0.05) is 6.07 Å². The molecule has 0 radical (unpaired) electrons. The lowest BCUT2D eigenvalue weighted by Gasteiger charge is -2.09. The Bertz CT molecular complexity index is 877. The molecule has 0 aliphatic rings. The Kier molecular flexibility index (Phi) is 2.86. The van der Waals surface area contributed by atoms with Crippen LogP contribution < -0.4 is 5.56 Å². The van der Waals surface area contributed by atoms with E-state index in [4.69, 9.17) is 0 Å². The molecule has 108 valence electrons.